The lowest BCUT2D eigenvalue weighted by molar-refractivity contribution is 0.365. The highest BCUT2D eigenvalue weighted by Gasteiger charge is 2.40. The van der Waals surface area contributed by atoms with Gasteiger partial charge in [0.25, 0.3) is 0 Å². The van der Waals surface area contributed by atoms with Crippen molar-refractivity contribution >= 4 is 34.5 Å². The Balaban J connectivity index is 1.47. The number of imidazole rings is 1. The minimum absolute atomic E-state index is 0.426. The van der Waals surface area contributed by atoms with Crippen molar-refractivity contribution in [1.29, 1.82) is 0 Å². The zero-order chi connectivity index (χ0) is 27.9. The number of benzene rings is 5. The number of hydrogen-bond donors (Lipinski definition) is 0. The molecule has 0 spiro atoms. The van der Waals surface area contributed by atoms with Crippen LogP contribution in [0.2, 0.25) is 0 Å². The lowest BCUT2D eigenvalue weighted by atomic mass is 9.75. The smallest absolute Gasteiger partial charge is 0.456 e. The standard InChI is InChI=1S/C36H27BN2O3/c1-4-12-26(13-5-1)36(27-14-6-2-7-15-27,28-16-8-3-9-17-28)39-25-38-24-31(39)29-18-10-20-32-34(29)35-30(37-40-22-23-41-37)19-11-21-33(35)42-32/h1-21,24-25H,22-23H2. The molecular formula is C36H27BN2O3. The lowest BCUT2D eigenvalue weighted by Gasteiger charge is -2.38. The predicted molar refractivity (Wildman–Crippen MR) is 167 cm³/mol. The van der Waals surface area contributed by atoms with E-state index >= 15 is 0 Å². The van der Waals surface area contributed by atoms with E-state index in [1.807, 2.05) is 30.7 Å². The van der Waals surface area contributed by atoms with Gasteiger partial charge in [-0.1, -0.05) is 115 Å². The predicted octanol–water partition coefficient (Wildman–Crippen LogP) is 7.03. The van der Waals surface area contributed by atoms with Crippen molar-refractivity contribution in [2.45, 2.75) is 5.54 Å². The van der Waals surface area contributed by atoms with Crippen LogP contribution in [0.4, 0.5) is 0 Å². The maximum Gasteiger partial charge on any atom is 0.494 e. The molecule has 0 amide bonds. The maximum absolute atomic E-state index is 6.43. The van der Waals surface area contributed by atoms with Crippen molar-refractivity contribution in [3.63, 3.8) is 0 Å². The molecular weight excluding hydrogens is 519 g/mol. The van der Waals surface area contributed by atoms with Gasteiger partial charge in [-0.25, -0.2) is 4.98 Å². The van der Waals surface area contributed by atoms with Crippen LogP contribution in [0.25, 0.3) is 33.2 Å². The SMILES string of the molecule is c1ccc(C(c2ccccc2)(c2ccccc2)n2cncc2-c2cccc3oc4cccc(B5OCCO5)c4c23)cc1. The number of hydrogen-bond acceptors (Lipinski definition) is 4. The highest BCUT2D eigenvalue weighted by Crippen LogP contribution is 2.45. The van der Waals surface area contributed by atoms with E-state index in [1.54, 1.807) is 0 Å². The third-order valence-corrected chi connectivity index (χ3v) is 8.28. The summed E-state index contributed by atoms with van der Waals surface area (Å²) >= 11 is 0. The Kier molecular flexibility index (Phi) is 6.02. The molecule has 0 bridgehead atoms. The Bertz CT molecular complexity index is 1900. The van der Waals surface area contributed by atoms with Gasteiger partial charge in [0.05, 0.1) is 31.4 Å². The first-order valence-corrected chi connectivity index (χ1v) is 14.2. The average Bonchev–Trinajstić information content (AvgIpc) is 3.84. The van der Waals surface area contributed by atoms with E-state index in [2.05, 4.69) is 114 Å². The van der Waals surface area contributed by atoms with Gasteiger partial charge >= 0.3 is 7.12 Å². The van der Waals surface area contributed by atoms with Crippen LogP contribution in [0.15, 0.2) is 144 Å². The Hall–Kier alpha value is -4.91. The largest absolute Gasteiger partial charge is 0.494 e. The lowest BCUT2D eigenvalue weighted by Crippen LogP contribution is -2.37. The molecule has 0 aliphatic carbocycles. The van der Waals surface area contributed by atoms with Gasteiger partial charge in [-0.15, -0.1) is 0 Å². The number of furan rings is 1. The first-order chi connectivity index (χ1) is 20.9. The van der Waals surface area contributed by atoms with E-state index < -0.39 is 12.7 Å². The summed E-state index contributed by atoms with van der Waals surface area (Å²) in [6.45, 7) is 1.15. The van der Waals surface area contributed by atoms with Crippen LogP contribution in [-0.2, 0) is 14.8 Å². The van der Waals surface area contributed by atoms with Gasteiger partial charge in [0.1, 0.15) is 16.7 Å². The van der Waals surface area contributed by atoms with E-state index in [0.29, 0.717) is 13.2 Å². The molecule has 0 saturated carbocycles. The number of nitrogens with zero attached hydrogens (tertiary/aromatic N) is 2. The van der Waals surface area contributed by atoms with Crippen LogP contribution < -0.4 is 5.46 Å². The molecule has 1 aliphatic heterocycles. The molecule has 8 rings (SSSR count). The number of aromatic nitrogens is 2. The Labute approximate surface area is 244 Å². The molecule has 1 fully saturated rings. The fraction of sp³-hybridized carbons (Fsp3) is 0.0833. The normalized spacial score (nSPS) is 13.8. The maximum atomic E-state index is 6.43. The van der Waals surface area contributed by atoms with Gasteiger partial charge < -0.3 is 18.3 Å². The Morgan fingerprint density at radius 1 is 0.595 bits per heavy atom. The minimum atomic E-state index is -0.697. The van der Waals surface area contributed by atoms with Crippen LogP contribution in [0.3, 0.4) is 0 Å². The third-order valence-electron chi connectivity index (χ3n) is 8.28. The highest BCUT2D eigenvalue weighted by atomic mass is 16.6. The molecule has 5 nitrogen and oxygen atoms in total. The third kappa shape index (κ3) is 3.77. The molecule has 202 valence electrons. The molecule has 0 radical (unpaired) electrons. The van der Waals surface area contributed by atoms with Crippen LogP contribution in [0.1, 0.15) is 16.7 Å². The topological polar surface area (TPSA) is 49.4 Å². The van der Waals surface area contributed by atoms with Gasteiger partial charge in [-0.3, -0.25) is 0 Å². The highest BCUT2D eigenvalue weighted by molar-refractivity contribution is 6.65. The summed E-state index contributed by atoms with van der Waals surface area (Å²) in [6, 6.07) is 44.3. The van der Waals surface area contributed by atoms with Gasteiger partial charge in [0.15, 0.2) is 0 Å². The van der Waals surface area contributed by atoms with E-state index in [9.17, 15) is 0 Å². The fourth-order valence-electron chi connectivity index (χ4n) is 6.56. The summed E-state index contributed by atoms with van der Waals surface area (Å²) in [7, 11) is -0.426. The molecule has 0 unspecified atom stereocenters. The van der Waals surface area contributed by atoms with Gasteiger partial charge in [-0.2, -0.15) is 0 Å². The van der Waals surface area contributed by atoms with E-state index in [4.69, 9.17) is 18.7 Å². The molecule has 5 aromatic carbocycles. The summed E-state index contributed by atoms with van der Waals surface area (Å²) in [6.07, 6.45) is 3.91. The minimum Gasteiger partial charge on any atom is -0.456 e. The molecule has 0 atom stereocenters. The molecule has 1 aliphatic rings. The van der Waals surface area contributed by atoms with E-state index in [0.717, 1.165) is 55.3 Å². The van der Waals surface area contributed by atoms with Crippen molar-refractivity contribution in [3.8, 4) is 11.3 Å². The first kappa shape index (κ1) is 24.9. The van der Waals surface area contributed by atoms with Crippen LogP contribution in [-0.4, -0.2) is 29.9 Å². The Morgan fingerprint density at radius 2 is 1.14 bits per heavy atom. The summed E-state index contributed by atoms with van der Waals surface area (Å²) in [5, 5.41) is 2.03. The van der Waals surface area contributed by atoms with Crippen molar-refractivity contribution < 1.29 is 13.7 Å². The van der Waals surface area contributed by atoms with E-state index in [1.165, 1.54) is 0 Å². The van der Waals surface area contributed by atoms with Crippen LogP contribution in [0, 0.1) is 0 Å². The molecule has 42 heavy (non-hydrogen) atoms. The first-order valence-electron chi connectivity index (χ1n) is 14.2. The second kappa shape index (κ2) is 10.2. The molecule has 2 aromatic heterocycles. The van der Waals surface area contributed by atoms with Gasteiger partial charge in [0.2, 0.25) is 0 Å². The quantitative estimate of drug-likeness (QED) is 0.166. The molecule has 0 N–H and O–H groups in total. The molecule has 1 saturated heterocycles. The summed E-state index contributed by atoms with van der Waals surface area (Å²) in [4.78, 5) is 4.80. The second-order valence-electron chi connectivity index (χ2n) is 10.5. The van der Waals surface area contributed by atoms with Gasteiger partial charge in [-0.05, 0) is 34.3 Å². The van der Waals surface area contributed by atoms with Crippen molar-refractivity contribution in [2.75, 3.05) is 13.2 Å². The van der Waals surface area contributed by atoms with Crippen molar-refractivity contribution in [1.82, 2.24) is 9.55 Å². The number of rotatable bonds is 6. The summed E-state index contributed by atoms with van der Waals surface area (Å²) in [5.41, 5.74) is 7.31. The Morgan fingerprint density at radius 3 is 1.74 bits per heavy atom. The second-order valence-corrected chi connectivity index (χ2v) is 10.5. The summed E-state index contributed by atoms with van der Waals surface area (Å²) in [5.74, 6) is 0. The van der Waals surface area contributed by atoms with E-state index in [-0.39, 0.29) is 0 Å². The van der Waals surface area contributed by atoms with Crippen LogP contribution in [0.5, 0.6) is 0 Å². The monoisotopic (exact) mass is 546 g/mol. The zero-order valence-electron chi connectivity index (χ0n) is 22.9. The van der Waals surface area contributed by atoms with Crippen LogP contribution >= 0.6 is 0 Å². The average molecular weight is 546 g/mol. The molecule has 7 aromatic rings. The number of fused-ring (bicyclic) bond motifs is 3. The van der Waals surface area contributed by atoms with Gasteiger partial charge in [0, 0.05) is 16.3 Å². The fourth-order valence-corrected chi connectivity index (χ4v) is 6.56. The molecule has 3 heterocycles. The van der Waals surface area contributed by atoms with Crippen molar-refractivity contribution in [2.24, 2.45) is 0 Å². The summed E-state index contributed by atoms with van der Waals surface area (Å²) < 4.78 is 20.7. The molecule has 6 heteroatoms. The zero-order valence-corrected chi connectivity index (χ0v) is 22.9. The van der Waals surface area contributed by atoms with Crippen molar-refractivity contribution in [3.05, 3.63) is 157 Å².